The zero-order valence-corrected chi connectivity index (χ0v) is 16.0. The molecule has 0 spiro atoms. The Morgan fingerprint density at radius 2 is 1.70 bits per heavy atom. The number of benzene rings is 2. The van der Waals surface area contributed by atoms with Crippen LogP contribution in [0, 0.1) is 5.82 Å². The lowest BCUT2D eigenvalue weighted by atomic mass is 10.1. The second-order valence-electron chi connectivity index (χ2n) is 6.21. The fraction of sp³-hybridized carbons (Fsp3) is 0.100. The molecule has 0 atom stereocenters. The highest BCUT2D eigenvalue weighted by molar-refractivity contribution is 6.32. The van der Waals surface area contributed by atoms with Crippen molar-refractivity contribution in [2.75, 3.05) is 7.11 Å². The minimum Gasteiger partial charge on any atom is -0.497 e. The van der Waals surface area contributed by atoms with Crippen LogP contribution in [0.15, 0.2) is 59.1 Å². The maximum absolute atomic E-state index is 13.7. The Morgan fingerprint density at radius 3 is 2.30 bits per heavy atom. The van der Waals surface area contributed by atoms with Crippen LogP contribution < -0.4 is 4.74 Å². The van der Waals surface area contributed by atoms with Crippen LogP contribution in [0.3, 0.4) is 0 Å². The molecule has 2 heterocycles. The Morgan fingerprint density at radius 1 is 1.03 bits per heavy atom. The summed E-state index contributed by atoms with van der Waals surface area (Å²) in [7, 11) is 1.51. The molecule has 30 heavy (non-hydrogen) atoms. The summed E-state index contributed by atoms with van der Waals surface area (Å²) in [5.74, 6) is 0.312. The van der Waals surface area contributed by atoms with Gasteiger partial charge in [0, 0.05) is 11.6 Å². The first-order valence-electron chi connectivity index (χ1n) is 8.51. The first-order valence-corrected chi connectivity index (χ1v) is 8.89. The van der Waals surface area contributed by atoms with Gasteiger partial charge in [0.25, 0.3) is 0 Å². The summed E-state index contributed by atoms with van der Waals surface area (Å²) in [6.07, 6.45) is -4.80. The van der Waals surface area contributed by atoms with E-state index in [1.807, 2.05) is 0 Å². The summed E-state index contributed by atoms with van der Waals surface area (Å²) < 4.78 is 65.3. The van der Waals surface area contributed by atoms with Crippen molar-refractivity contribution >= 4 is 11.6 Å². The van der Waals surface area contributed by atoms with E-state index in [1.165, 1.54) is 25.3 Å². The number of aromatic nitrogens is 3. The lowest BCUT2D eigenvalue weighted by Gasteiger charge is -2.03. The van der Waals surface area contributed by atoms with Crippen LogP contribution in [-0.4, -0.2) is 22.0 Å². The Kier molecular flexibility index (Phi) is 4.98. The first kappa shape index (κ1) is 20.0. The normalized spacial score (nSPS) is 11.7. The monoisotopic (exact) mass is 437 g/mol. The molecule has 0 radical (unpaired) electrons. The van der Waals surface area contributed by atoms with E-state index in [1.54, 1.807) is 24.3 Å². The highest BCUT2D eigenvalue weighted by atomic mass is 35.5. The van der Waals surface area contributed by atoms with Gasteiger partial charge < -0.3 is 9.26 Å². The van der Waals surface area contributed by atoms with Gasteiger partial charge in [-0.15, -0.1) is 0 Å². The zero-order valence-electron chi connectivity index (χ0n) is 15.2. The van der Waals surface area contributed by atoms with Gasteiger partial charge in [-0.05, 0) is 48.5 Å². The third-order valence-corrected chi connectivity index (χ3v) is 4.66. The van der Waals surface area contributed by atoms with E-state index in [4.69, 9.17) is 20.9 Å². The number of ether oxygens (including phenoxy) is 1. The SMILES string of the molecule is COc1ccc(-c2cc(-c3c(C(F)(F)F)nn(-c4ccc(F)cc4)c3Cl)no2)cc1. The number of methoxy groups -OCH3 is 1. The van der Waals surface area contributed by atoms with Crippen molar-refractivity contribution in [1.29, 1.82) is 0 Å². The number of rotatable bonds is 4. The molecule has 4 rings (SSSR count). The Balaban J connectivity index is 1.82. The van der Waals surface area contributed by atoms with E-state index in [0.29, 0.717) is 11.3 Å². The summed E-state index contributed by atoms with van der Waals surface area (Å²) in [6.45, 7) is 0. The maximum Gasteiger partial charge on any atom is 0.435 e. The van der Waals surface area contributed by atoms with Gasteiger partial charge in [0.15, 0.2) is 11.5 Å². The van der Waals surface area contributed by atoms with Gasteiger partial charge in [-0.2, -0.15) is 18.3 Å². The van der Waals surface area contributed by atoms with Crippen molar-refractivity contribution < 1.29 is 26.8 Å². The largest absolute Gasteiger partial charge is 0.497 e. The zero-order chi connectivity index (χ0) is 21.5. The Bertz CT molecular complexity index is 1180. The molecule has 0 fully saturated rings. The summed E-state index contributed by atoms with van der Waals surface area (Å²) in [4.78, 5) is 0. The van der Waals surface area contributed by atoms with E-state index in [-0.39, 0.29) is 22.3 Å². The van der Waals surface area contributed by atoms with Crippen LogP contribution in [0.4, 0.5) is 17.6 Å². The van der Waals surface area contributed by atoms with Crippen molar-refractivity contribution in [3.8, 4) is 34.0 Å². The minimum atomic E-state index is -4.80. The molecule has 0 saturated carbocycles. The van der Waals surface area contributed by atoms with Gasteiger partial charge in [0.1, 0.15) is 22.4 Å². The minimum absolute atomic E-state index is 0.133. The molecule has 0 aliphatic heterocycles. The summed E-state index contributed by atoms with van der Waals surface area (Å²) >= 11 is 6.25. The molecule has 0 N–H and O–H groups in total. The number of hydrogen-bond donors (Lipinski definition) is 0. The second kappa shape index (κ2) is 7.49. The third kappa shape index (κ3) is 3.63. The molecular weight excluding hydrogens is 426 g/mol. The molecule has 4 aromatic rings. The number of hydrogen-bond acceptors (Lipinski definition) is 4. The van der Waals surface area contributed by atoms with Crippen molar-refractivity contribution in [2.45, 2.75) is 6.18 Å². The lowest BCUT2D eigenvalue weighted by molar-refractivity contribution is -0.140. The predicted molar refractivity (Wildman–Crippen MR) is 101 cm³/mol. The Hall–Kier alpha value is -3.33. The maximum atomic E-state index is 13.7. The highest BCUT2D eigenvalue weighted by Crippen LogP contribution is 2.42. The molecular formula is C20H12ClF4N3O2. The first-order chi connectivity index (χ1) is 14.3. The van der Waals surface area contributed by atoms with E-state index in [9.17, 15) is 17.6 Å². The highest BCUT2D eigenvalue weighted by Gasteiger charge is 2.40. The fourth-order valence-electron chi connectivity index (χ4n) is 2.86. The third-order valence-electron chi connectivity index (χ3n) is 4.31. The molecule has 0 aliphatic carbocycles. The quantitative estimate of drug-likeness (QED) is 0.367. The fourth-order valence-corrected chi connectivity index (χ4v) is 3.18. The van der Waals surface area contributed by atoms with Gasteiger partial charge in [-0.25, -0.2) is 9.07 Å². The number of alkyl halides is 3. The summed E-state index contributed by atoms with van der Waals surface area (Å²) in [5.41, 5.74) is -1.04. The molecule has 2 aromatic carbocycles. The van der Waals surface area contributed by atoms with Gasteiger partial charge in [-0.1, -0.05) is 16.8 Å². The van der Waals surface area contributed by atoms with Gasteiger partial charge in [0.2, 0.25) is 0 Å². The molecule has 154 valence electrons. The van der Waals surface area contributed by atoms with Crippen LogP contribution >= 0.6 is 11.6 Å². The molecule has 10 heteroatoms. The molecule has 0 bridgehead atoms. The number of halogens is 5. The molecule has 0 amide bonds. The van der Waals surface area contributed by atoms with Gasteiger partial charge >= 0.3 is 6.18 Å². The average Bonchev–Trinajstić information content (AvgIpc) is 3.33. The van der Waals surface area contributed by atoms with E-state index in [2.05, 4.69) is 10.3 Å². The average molecular weight is 438 g/mol. The van der Waals surface area contributed by atoms with E-state index < -0.39 is 23.3 Å². The van der Waals surface area contributed by atoms with Crippen molar-refractivity contribution in [3.05, 3.63) is 71.3 Å². The van der Waals surface area contributed by atoms with Crippen molar-refractivity contribution in [2.24, 2.45) is 0 Å². The van der Waals surface area contributed by atoms with E-state index >= 15 is 0 Å². The van der Waals surface area contributed by atoms with Crippen LogP contribution in [0.1, 0.15) is 5.69 Å². The van der Waals surface area contributed by atoms with Crippen molar-refractivity contribution in [1.82, 2.24) is 14.9 Å². The van der Waals surface area contributed by atoms with Crippen molar-refractivity contribution in [3.63, 3.8) is 0 Å². The topological polar surface area (TPSA) is 53.1 Å². The van der Waals surface area contributed by atoms with E-state index in [0.717, 1.165) is 16.8 Å². The van der Waals surface area contributed by atoms with Crippen LogP contribution in [0.5, 0.6) is 5.75 Å². The molecule has 5 nitrogen and oxygen atoms in total. The molecule has 2 aromatic heterocycles. The number of nitrogens with zero attached hydrogens (tertiary/aromatic N) is 3. The Labute approximate surface area is 172 Å². The lowest BCUT2D eigenvalue weighted by Crippen LogP contribution is -2.08. The summed E-state index contributed by atoms with van der Waals surface area (Å²) in [6, 6.07) is 12.8. The van der Waals surface area contributed by atoms with Crippen LogP contribution in [0.2, 0.25) is 5.15 Å². The van der Waals surface area contributed by atoms with Gasteiger partial charge in [0.05, 0.1) is 18.4 Å². The predicted octanol–water partition coefficient (Wildman–Crippen LogP) is 6.01. The standard InChI is InChI=1S/C20H12ClF4N3O2/c1-29-14-8-2-11(3-9-14)16-10-15(27-30-16)17-18(20(23,24)25)26-28(19(17)21)13-6-4-12(22)5-7-13/h2-10H,1H3. The molecule has 0 unspecified atom stereocenters. The molecule has 0 saturated heterocycles. The molecule has 0 aliphatic rings. The summed E-state index contributed by atoms with van der Waals surface area (Å²) in [5, 5.41) is 7.03. The van der Waals surface area contributed by atoms with Crippen LogP contribution in [0.25, 0.3) is 28.3 Å². The smallest absolute Gasteiger partial charge is 0.435 e. The van der Waals surface area contributed by atoms with Gasteiger partial charge in [-0.3, -0.25) is 0 Å². The second-order valence-corrected chi connectivity index (χ2v) is 6.56. The van der Waals surface area contributed by atoms with Crippen LogP contribution in [-0.2, 0) is 6.18 Å².